The minimum absolute atomic E-state index is 0.0718. The van der Waals surface area contributed by atoms with E-state index in [1.54, 1.807) is 29.9 Å². The van der Waals surface area contributed by atoms with Gasteiger partial charge in [0.15, 0.2) is 0 Å². The molecule has 0 atom stereocenters. The molecule has 0 unspecified atom stereocenters. The molecule has 1 heterocycles. The van der Waals surface area contributed by atoms with Crippen molar-refractivity contribution in [1.29, 1.82) is 0 Å². The highest BCUT2D eigenvalue weighted by Gasteiger charge is 2.34. The molecule has 0 saturated carbocycles. The van der Waals surface area contributed by atoms with Gasteiger partial charge < -0.3 is 5.73 Å². The van der Waals surface area contributed by atoms with Gasteiger partial charge in [0.05, 0.1) is 22.5 Å². The summed E-state index contributed by atoms with van der Waals surface area (Å²) in [5.41, 5.74) is 6.15. The zero-order valence-corrected chi connectivity index (χ0v) is 15.5. The number of alkyl halides is 3. The van der Waals surface area contributed by atoms with Crippen LogP contribution in [0.5, 0.6) is 0 Å². The maximum absolute atomic E-state index is 13.3. The molecular weight excluding hydrogens is 381 g/mol. The van der Waals surface area contributed by atoms with Crippen molar-refractivity contribution >= 4 is 39.9 Å². The molecule has 2 amide bonds. The van der Waals surface area contributed by atoms with E-state index in [0.717, 1.165) is 22.0 Å². The topological polar surface area (TPSA) is 64.2 Å². The Morgan fingerprint density at radius 1 is 1.19 bits per heavy atom. The second kappa shape index (κ2) is 6.45. The lowest BCUT2D eigenvalue weighted by Crippen LogP contribution is -2.31. The summed E-state index contributed by atoms with van der Waals surface area (Å²) in [7, 11) is 1.77. The maximum atomic E-state index is 13.3. The first-order valence-electron chi connectivity index (χ1n) is 7.91. The molecule has 0 bridgehead atoms. The van der Waals surface area contributed by atoms with Crippen molar-refractivity contribution in [3.8, 4) is 0 Å². The first-order valence-corrected chi connectivity index (χ1v) is 8.28. The van der Waals surface area contributed by atoms with E-state index in [2.05, 4.69) is 5.10 Å². The number of nitrogens with zero attached hydrogens (tertiary/aromatic N) is 3. The van der Waals surface area contributed by atoms with E-state index < -0.39 is 17.8 Å². The van der Waals surface area contributed by atoms with Crippen LogP contribution < -0.4 is 10.6 Å². The molecule has 2 N–H and O–H groups in total. The van der Waals surface area contributed by atoms with Gasteiger partial charge in [-0.2, -0.15) is 18.3 Å². The minimum Gasteiger partial charge on any atom is -0.351 e. The number of halogens is 4. The fourth-order valence-corrected chi connectivity index (χ4v) is 3.16. The lowest BCUT2D eigenvalue weighted by atomic mass is 10.1. The Morgan fingerprint density at radius 2 is 1.85 bits per heavy atom. The number of aromatic nitrogens is 2. The normalized spacial score (nSPS) is 11.8. The van der Waals surface area contributed by atoms with E-state index in [9.17, 15) is 18.0 Å². The first-order chi connectivity index (χ1) is 12.5. The predicted octanol–water partition coefficient (Wildman–Crippen LogP) is 5.08. The standard InChI is InChI=1S/C18H16ClF3N4O/c1-9-14(18(20,21)22)6-12(7-15(9)19)26(17(23)27)11-4-5-13-10(2)25(3)24-16(13)8-11/h4-8H,1-3H3,(H2,23,27). The first kappa shape index (κ1) is 19.0. The summed E-state index contributed by atoms with van der Waals surface area (Å²) >= 11 is 5.99. The Balaban J connectivity index is 2.20. The van der Waals surface area contributed by atoms with Gasteiger partial charge in [-0.15, -0.1) is 0 Å². The molecule has 1 aromatic heterocycles. The summed E-state index contributed by atoms with van der Waals surface area (Å²) in [6.07, 6.45) is -4.62. The van der Waals surface area contributed by atoms with Gasteiger partial charge in [0, 0.05) is 23.2 Å². The van der Waals surface area contributed by atoms with Crippen molar-refractivity contribution in [1.82, 2.24) is 9.78 Å². The van der Waals surface area contributed by atoms with Crippen molar-refractivity contribution in [2.45, 2.75) is 20.0 Å². The number of urea groups is 1. The Bertz CT molecular complexity index is 1060. The molecule has 0 aliphatic rings. The van der Waals surface area contributed by atoms with Gasteiger partial charge in [0.25, 0.3) is 0 Å². The van der Waals surface area contributed by atoms with Crippen LogP contribution in [0.3, 0.4) is 0 Å². The van der Waals surface area contributed by atoms with Crippen molar-refractivity contribution in [2.24, 2.45) is 12.8 Å². The van der Waals surface area contributed by atoms with Crippen LogP contribution in [0, 0.1) is 13.8 Å². The molecule has 142 valence electrons. The quantitative estimate of drug-likeness (QED) is 0.656. The molecule has 0 aliphatic carbocycles. The lowest BCUT2D eigenvalue weighted by Gasteiger charge is -2.23. The van der Waals surface area contributed by atoms with E-state index in [4.69, 9.17) is 17.3 Å². The largest absolute Gasteiger partial charge is 0.416 e. The number of anilines is 2. The monoisotopic (exact) mass is 396 g/mol. The van der Waals surface area contributed by atoms with Gasteiger partial charge in [-0.3, -0.25) is 9.58 Å². The van der Waals surface area contributed by atoms with Gasteiger partial charge in [0.2, 0.25) is 0 Å². The number of primary amides is 1. The number of carbonyl (C=O) groups excluding carboxylic acids is 1. The number of benzene rings is 2. The molecule has 0 fully saturated rings. The third-order valence-corrected chi connectivity index (χ3v) is 4.88. The van der Waals surface area contributed by atoms with E-state index in [0.29, 0.717) is 11.2 Å². The van der Waals surface area contributed by atoms with Crippen molar-refractivity contribution in [2.75, 3.05) is 4.90 Å². The summed E-state index contributed by atoms with van der Waals surface area (Å²) in [6.45, 7) is 3.16. The highest BCUT2D eigenvalue weighted by Crippen LogP contribution is 2.39. The summed E-state index contributed by atoms with van der Waals surface area (Å²) in [4.78, 5) is 13.0. The number of hydrogen-bond acceptors (Lipinski definition) is 2. The summed E-state index contributed by atoms with van der Waals surface area (Å²) in [5, 5.41) is 5.08. The van der Waals surface area contributed by atoms with Crippen molar-refractivity contribution in [3.05, 3.63) is 52.2 Å². The van der Waals surface area contributed by atoms with Crippen LogP contribution in [0.25, 0.3) is 10.9 Å². The summed E-state index contributed by atoms with van der Waals surface area (Å²) in [5.74, 6) is 0. The van der Waals surface area contributed by atoms with Gasteiger partial charge in [-0.1, -0.05) is 11.6 Å². The van der Waals surface area contributed by atoms with E-state index in [1.165, 1.54) is 13.0 Å². The van der Waals surface area contributed by atoms with Crippen LogP contribution in [0.4, 0.5) is 29.3 Å². The smallest absolute Gasteiger partial charge is 0.351 e. The highest BCUT2D eigenvalue weighted by atomic mass is 35.5. The Kier molecular flexibility index (Phi) is 4.55. The average molecular weight is 397 g/mol. The van der Waals surface area contributed by atoms with Crippen molar-refractivity contribution in [3.63, 3.8) is 0 Å². The number of hydrogen-bond donors (Lipinski definition) is 1. The third-order valence-electron chi connectivity index (χ3n) is 4.49. The van der Waals surface area contributed by atoms with Crippen LogP contribution in [0.2, 0.25) is 5.02 Å². The van der Waals surface area contributed by atoms with E-state index in [1.807, 2.05) is 6.92 Å². The van der Waals surface area contributed by atoms with Gasteiger partial charge >= 0.3 is 12.2 Å². The number of aryl methyl sites for hydroxylation is 2. The minimum atomic E-state index is -4.62. The molecule has 3 aromatic rings. The van der Waals surface area contributed by atoms with Crippen LogP contribution >= 0.6 is 11.6 Å². The van der Waals surface area contributed by atoms with Gasteiger partial charge in [-0.25, -0.2) is 4.79 Å². The van der Waals surface area contributed by atoms with Crippen molar-refractivity contribution < 1.29 is 18.0 Å². The molecule has 5 nitrogen and oxygen atoms in total. The highest BCUT2D eigenvalue weighted by molar-refractivity contribution is 6.31. The second-order valence-electron chi connectivity index (χ2n) is 6.18. The molecule has 27 heavy (non-hydrogen) atoms. The van der Waals surface area contributed by atoms with E-state index in [-0.39, 0.29) is 16.3 Å². The average Bonchev–Trinajstić information content (AvgIpc) is 2.83. The van der Waals surface area contributed by atoms with E-state index >= 15 is 0 Å². The number of carbonyl (C=O) groups is 1. The summed E-state index contributed by atoms with van der Waals surface area (Å²) < 4.78 is 41.6. The van der Waals surface area contributed by atoms with Gasteiger partial charge in [0.1, 0.15) is 0 Å². The fourth-order valence-electron chi connectivity index (χ4n) is 2.95. The predicted molar refractivity (Wildman–Crippen MR) is 98.4 cm³/mol. The Hall–Kier alpha value is -2.74. The zero-order chi connectivity index (χ0) is 20.1. The maximum Gasteiger partial charge on any atom is 0.416 e. The van der Waals surface area contributed by atoms with Crippen LogP contribution in [-0.2, 0) is 13.2 Å². The summed E-state index contributed by atoms with van der Waals surface area (Å²) in [6, 6.07) is 6.14. The Labute approximate surface area is 158 Å². The fraction of sp³-hybridized carbons (Fsp3) is 0.222. The number of nitrogens with two attached hydrogens (primary N) is 1. The SMILES string of the molecule is Cc1c(Cl)cc(N(C(N)=O)c2ccc3c(C)n(C)nc3c2)cc1C(F)(F)F. The molecule has 3 rings (SSSR count). The number of fused-ring (bicyclic) bond motifs is 1. The molecule has 9 heteroatoms. The third kappa shape index (κ3) is 3.32. The zero-order valence-electron chi connectivity index (χ0n) is 14.7. The molecule has 0 spiro atoms. The molecule has 2 aromatic carbocycles. The van der Waals surface area contributed by atoms with Crippen LogP contribution in [-0.4, -0.2) is 15.8 Å². The van der Waals surface area contributed by atoms with Crippen LogP contribution in [0.1, 0.15) is 16.8 Å². The van der Waals surface area contributed by atoms with Crippen LogP contribution in [0.15, 0.2) is 30.3 Å². The number of amides is 2. The second-order valence-corrected chi connectivity index (χ2v) is 6.59. The Morgan fingerprint density at radius 3 is 2.44 bits per heavy atom. The number of rotatable bonds is 2. The molecule has 0 aliphatic heterocycles. The van der Waals surface area contributed by atoms with Gasteiger partial charge in [-0.05, 0) is 49.7 Å². The molecule has 0 saturated heterocycles. The lowest BCUT2D eigenvalue weighted by molar-refractivity contribution is -0.138. The molecular formula is C18H16ClF3N4O. The molecule has 0 radical (unpaired) electrons.